The van der Waals surface area contributed by atoms with Crippen LogP contribution in [0.4, 0.5) is 20.6 Å². The molecule has 1 heterocycles. The van der Waals surface area contributed by atoms with Gasteiger partial charge < -0.3 is 0 Å². The summed E-state index contributed by atoms with van der Waals surface area (Å²) in [6.45, 7) is 1.47. The third kappa shape index (κ3) is 3.69. The maximum atomic E-state index is 14.3. The summed E-state index contributed by atoms with van der Waals surface area (Å²) in [5.41, 5.74) is -1.69. The first kappa shape index (κ1) is 20.4. The molecule has 1 aromatic heterocycles. The first-order chi connectivity index (χ1) is 13.8. The van der Waals surface area contributed by atoms with Crippen molar-refractivity contribution >= 4 is 40.6 Å². The minimum atomic E-state index is -1.01. The molecule has 1 amide bonds. The Morgan fingerprint density at radius 1 is 1.24 bits per heavy atom. The van der Waals surface area contributed by atoms with Gasteiger partial charge in [0.1, 0.15) is 5.69 Å². The molecule has 10 nitrogen and oxygen atoms in total. The quantitative estimate of drug-likeness (QED) is 0.349. The third-order valence-corrected chi connectivity index (χ3v) is 4.50. The van der Waals surface area contributed by atoms with E-state index in [-0.39, 0.29) is 28.0 Å². The molecule has 0 fully saturated rings. The largest absolute Gasteiger partial charge is 0.377 e. The predicted molar refractivity (Wildman–Crippen MR) is 103 cm³/mol. The van der Waals surface area contributed by atoms with Crippen molar-refractivity contribution in [2.24, 2.45) is 0 Å². The molecule has 29 heavy (non-hydrogen) atoms. The molecule has 150 valence electrons. The van der Waals surface area contributed by atoms with Crippen molar-refractivity contribution in [2.75, 3.05) is 11.4 Å². The SMILES string of the molecule is CCN(C(=O)n1nnn(-c2c(Cl)cccc2Cl)c1=O)c1ccc([N+](=O)[O-])cc1F. The summed E-state index contributed by atoms with van der Waals surface area (Å²) < 4.78 is 15.5. The molecular formula is C16H11Cl2FN6O4. The molecule has 0 saturated heterocycles. The number of anilines is 1. The van der Waals surface area contributed by atoms with Gasteiger partial charge in [0.05, 0.1) is 26.7 Å². The normalized spacial score (nSPS) is 10.8. The standard InChI is InChI=1S/C16H11Cl2FN6O4/c1-2-22(13-7-6-9(25(28)29)8-12(13)19)15(26)24-16(27)23(20-21-24)14-10(17)4-3-5-11(14)18/h3-8H,2H2,1H3. The molecule has 0 bridgehead atoms. The number of non-ortho nitro benzene ring substituents is 1. The van der Waals surface area contributed by atoms with Gasteiger partial charge in [0.2, 0.25) is 0 Å². The van der Waals surface area contributed by atoms with Gasteiger partial charge in [0.25, 0.3) is 5.69 Å². The lowest BCUT2D eigenvalue weighted by atomic mass is 10.2. The summed E-state index contributed by atoms with van der Waals surface area (Å²) in [4.78, 5) is 36.3. The predicted octanol–water partition coefficient (Wildman–Crippen LogP) is 3.28. The molecule has 0 atom stereocenters. The van der Waals surface area contributed by atoms with Crippen LogP contribution in [0, 0.1) is 15.9 Å². The molecule has 0 radical (unpaired) electrons. The maximum absolute atomic E-state index is 14.3. The van der Waals surface area contributed by atoms with E-state index in [4.69, 9.17) is 23.2 Å². The Bertz CT molecular complexity index is 1160. The number of nitro groups is 1. The highest BCUT2D eigenvalue weighted by atomic mass is 35.5. The number of benzene rings is 2. The van der Waals surface area contributed by atoms with Crippen molar-refractivity contribution in [2.45, 2.75) is 6.92 Å². The van der Waals surface area contributed by atoms with Gasteiger partial charge in [-0.2, -0.15) is 4.68 Å². The molecular weight excluding hydrogens is 430 g/mol. The number of para-hydroxylation sites is 1. The lowest BCUT2D eigenvalue weighted by Gasteiger charge is -2.20. The number of nitro benzene ring substituents is 1. The van der Waals surface area contributed by atoms with E-state index in [1.807, 2.05) is 0 Å². The summed E-state index contributed by atoms with van der Waals surface area (Å²) >= 11 is 12.1. The van der Waals surface area contributed by atoms with Crippen LogP contribution in [-0.2, 0) is 0 Å². The molecule has 0 saturated carbocycles. The number of tetrazole rings is 1. The second kappa shape index (κ2) is 7.97. The highest BCUT2D eigenvalue weighted by Gasteiger charge is 2.26. The summed E-state index contributed by atoms with van der Waals surface area (Å²) in [6, 6.07) is 6.27. The van der Waals surface area contributed by atoms with Gasteiger partial charge in [-0.05, 0) is 35.5 Å². The van der Waals surface area contributed by atoms with Crippen molar-refractivity contribution in [1.29, 1.82) is 0 Å². The van der Waals surface area contributed by atoms with E-state index in [9.17, 15) is 24.1 Å². The second-order valence-corrected chi connectivity index (χ2v) is 6.39. The first-order valence-corrected chi connectivity index (χ1v) is 8.77. The lowest BCUT2D eigenvalue weighted by molar-refractivity contribution is -0.385. The Hall–Kier alpha value is -3.31. The van der Waals surface area contributed by atoms with Crippen LogP contribution in [0.1, 0.15) is 6.92 Å². The molecule has 13 heteroatoms. The Balaban J connectivity index is 2.03. The van der Waals surface area contributed by atoms with Gasteiger partial charge in [0.15, 0.2) is 5.82 Å². The number of aromatic nitrogens is 4. The van der Waals surface area contributed by atoms with Gasteiger partial charge in [0, 0.05) is 12.6 Å². The van der Waals surface area contributed by atoms with Crippen LogP contribution in [0.2, 0.25) is 10.0 Å². The topological polar surface area (TPSA) is 116 Å². The van der Waals surface area contributed by atoms with Gasteiger partial charge in [-0.25, -0.2) is 14.0 Å². The fraction of sp³-hybridized carbons (Fsp3) is 0.125. The Kier molecular flexibility index (Phi) is 5.62. The van der Waals surface area contributed by atoms with Crippen LogP contribution in [0.15, 0.2) is 41.2 Å². The van der Waals surface area contributed by atoms with Crippen molar-refractivity contribution in [3.05, 3.63) is 72.9 Å². The number of amides is 1. The van der Waals surface area contributed by atoms with Crippen LogP contribution in [0.3, 0.4) is 0 Å². The lowest BCUT2D eigenvalue weighted by Crippen LogP contribution is -2.41. The highest BCUT2D eigenvalue weighted by Crippen LogP contribution is 2.27. The smallest absolute Gasteiger partial charge is 0.290 e. The zero-order chi connectivity index (χ0) is 21.3. The Labute approximate surface area is 171 Å². The van der Waals surface area contributed by atoms with Gasteiger partial charge >= 0.3 is 11.7 Å². The summed E-state index contributed by atoms with van der Waals surface area (Å²) in [7, 11) is 0. The fourth-order valence-corrected chi connectivity index (χ4v) is 3.11. The molecule has 0 aliphatic heterocycles. The monoisotopic (exact) mass is 440 g/mol. The highest BCUT2D eigenvalue weighted by molar-refractivity contribution is 6.37. The number of carbonyl (C=O) groups excluding carboxylic acids is 1. The van der Waals surface area contributed by atoms with Gasteiger partial charge in [-0.3, -0.25) is 15.0 Å². The summed E-state index contributed by atoms with van der Waals surface area (Å²) in [5.74, 6) is -1.01. The van der Waals surface area contributed by atoms with Crippen LogP contribution < -0.4 is 10.6 Å². The van der Waals surface area contributed by atoms with E-state index < -0.39 is 28.1 Å². The fourth-order valence-electron chi connectivity index (χ4n) is 2.55. The minimum Gasteiger partial charge on any atom is -0.290 e. The molecule has 0 spiro atoms. The minimum absolute atomic E-state index is 0.0319. The Morgan fingerprint density at radius 2 is 1.90 bits per heavy atom. The van der Waals surface area contributed by atoms with E-state index in [2.05, 4.69) is 10.4 Å². The number of halogens is 3. The van der Waals surface area contributed by atoms with Crippen molar-refractivity contribution in [3.8, 4) is 5.69 Å². The van der Waals surface area contributed by atoms with Gasteiger partial charge in [-0.1, -0.05) is 29.3 Å². The molecule has 0 aliphatic carbocycles. The average molecular weight is 441 g/mol. The molecule has 0 aliphatic rings. The maximum Gasteiger partial charge on any atom is 0.377 e. The zero-order valence-corrected chi connectivity index (χ0v) is 16.1. The van der Waals surface area contributed by atoms with Crippen LogP contribution in [-0.4, -0.2) is 37.3 Å². The Morgan fingerprint density at radius 3 is 2.45 bits per heavy atom. The van der Waals surface area contributed by atoms with E-state index in [0.29, 0.717) is 10.7 Å². The van der Waals surface area contributed by atoms with Crippen LogP contribution in [0.5, 0.6) is 0 Å². The van der Waals surface area contributed by atoms with E-state index in [0.717, 1.165) is 21.7 Å². The van der Waals surface area contributed by atoms with E-state index in [1.165, 1.54) is 19.1 Å². The summed E-state index contributed by atoms with van der Waals surface area (Å²) in [5, 5.41) is 18.1. The third-order valence-electron chi connectivity index (χ3n) is 3.89. The van der Waals surface area contributed by atoms with E-state index >= 15 is 0 Å². The van der Waals surface area contributed by atoms with Crippen molar-refractivity contribution in [3.63, 3.8) is 0 Å². The average Bonchev–Trinajstić information content (AvgIpc) is 3.04. The van der Waals surface area contributed by atoms with E-state index in [1.54, 1.807) is 6.07 Å². The van der Waals surface area contributed by atoms with Crippen molar-refractivity contribution in [1.82, 2.24) is 19.8 Å². The van der Waals surface area contributed by atoms with Crippen molar-refractivity contribution < 1.29 is 14.1 Å². The van der Waals surface area contributed by atoms with Crippen LogP contribution >= 0.6 is 23.2 Å². The summed E-state index contributed by atoms with van der Waals surface area (Å²) in [6.07, 6.45) is 0. The molecule has 0 unspecified atom stereocenters. The number of rotatable bonds is 4. The van der Waals surface area contributed by atoms with Crippen LogP contribution in [0.25, 0.3) is 5.69 Å². The number of nitrogens with zero attached hydrogens (tertiary/aromatic N) is 6. The number of hydrogen-bond donors (Lipinski definition) is 0. The molecule has 3 rings (SSSR count). The second-order valence-electron chi connectivity index (χ2n) is 5.57. The number of carbonyl (C=O) groups is 1. The van der Waals surface area contributed by atoms with Gasteiger partial charge in [-0.15, -0.1) is 4.68 Å². The molecule has 2 aromatic carbocycles. The first-order valence-electron chi connectivity index (χ1n) is 8.01. The molecule has 0 N–H and O–H groups in total. The molecule has 3 aromatic rings. The number of hydrogen-bond acceptors (Lipinski definition) is 6. The zero-order valence-electron chi connectivity index (χ0n) is 14.6.